The molecule has 0 saturated carbocycles. The molecule has 1 aliphatic heterocycles. The van der Waals surface area contributed by atoms with Gasteiger partial charge in [0.1, 0.15) is 0 Å². The quantitative estimate of drug-likeness (QED) is 0.925. The van der Waals surface area contributed by atoms with Gasteiger partial charge in [-0.05, 0) is 53.6 Å². The number of halogens is 1. The third-order valence-corrected chi connectivity index (χ3v) is 3.11. The van der Waals surface area contributed by atoms with E-state index < -0.39 is 0 Å². The van der Waals surface area contributed by atoms with Crippen molar-refractivity contribution < 1.29 is 9.47 Å². The van der Waals surface area contributed by atoms with Gasteiger partial charge in [0.15, 0.2) is 11.5 Å². The molecule has 0 atom stereocenters. The van der Waals surface area contributed by atoms with Crippen LogP contribution in [0.2, 0.25) is 0 Å². The van der Waals surface area contributed by atoms with Gasteiger partial charge in [0.05, 0.1) is 17.7 Å². The zero-order valence-corrected chi connectivity index (χ0v) is 11.0. The van der Waals surface area contributed by atoms with E-state index in [1.165, 1.54) is 5.56 Å². The van der Waals surface area contributed by atoms with Gasteiger partial charge in [-0.1, -0.05) is 0 Å². The van der Waals surface area contributed by atoms with Gasteiger partial charge >= 0.3 is 0 Å². The van der Waals surface area contributed by atoms with E-state index in [1.54, 1.807) is 0 Å². The lowest BCUT2D eigenvalue weighted by Gasteiger charge is -2.11. The molecule has 3 nitrogen and oxygen atoms in total. The van der Waals surface area contributed by atoms with Crippen molar-refractivity contribution in [3.63, 3.8) is 0 Å². The number of benzene rings is 1. The second kappa shape index (κ2) is 5.55. The second-order valence-corrected chi connectivity index (χ2v) is 4.66. The second-order valence-electron chi connectivity index (χ2n) is 3.81. The van der Waals surface area contributed by atoms with Crippen LogP contribution >= 0.6 is 15.9 Å². The molecule has 0 radical (unpaired) electrons. The molecule has 0 spiro atoms. The van der Waals surface area contributed by atoms with Gasteiger partial charge in [-0.25, -0.2) is 0 Å². The maximum atomic E-state index is 5.67. The highest BCUT2D eigenvalue weighted by molar-refractivity contribution is 9.10. The number of ether oxygens (including phenoxy) is 2. The third-order valence-electron chi connectivity index (χ3n) is 2.53. The molecular formula is C12H16BrNO2. The molecule has 88 valence electrons. The first-order valence-electron chi connectivity index (χ1n) is 5.54. The number of rotatable bonds is 3. The number of hydrogen-bond donors (Lipinski definition) is 1. The summed E-state index contributed by atoms with van der Waals surface area (Å²) in [7, 11) is 1.96. The Morgan fingerprint density at radius 2 is 2.12 bits per heavy atom. The Hall–Kier alpha value is -0.740. The number of hydrogen-bond acceptors (Lipinski definition) is 3. The molecule has 4 heteroatoms. The highest BCUT2D eigenvalue weighted by Gasteiger charge is 2.14. The molecule has 1 aromatic rings. The van der Waals surface area contributed by atoms with Crippen LogP contribution in [-0.4, -0.2) is 26.8 Å². The van der Waals surface area contributed by atoms with Gasteiger partial charge in [-0.15, -0.1) is 0 Å². The van der Waals surface area contributed by atoms with E-state index in [9.17, 15) is 0 Å². The summed E-state index contributed by atoms with van der Waals surface area (Å²) in [5.41, 5.74) is 1.26. The molecule has 0 aliphatic carbocycles. The molecular weight excluding hydrogens is 270 g/mol. The van der Waals surface area contributed by atoms with Crippen LogP contribution in [0.5, 0.6) is 11.5 Å². The summed E-state index contributed by atoms with van der Waals surface area (Å²) in [5.74, 6) is 1.70. The Balaban J connectivity index is 2.24. The molecule has 1 N–H and O–H groups in total. The van der Waals surface area contributed by atoms with Gasteiger partial charge in [0.2, 0.25) is 0 Å². The Bertz CT molecular complexity index is 368. The van der Waals surface area contributed by atoms with Crippen molar-refractivity contribution in [2.75, 3.05) is 26.8 Å². The standard InChI is InChI=1S/C12H16BrNO2/c1-14-4-3-9-7-10(13)12-11(8-9)15-5-2-6-16-12/h7-8,14H,2-6H2,1H3. The Kier molecular flexibility index (Phi) is 4.07. The number of nitrogens with one attached hydrogen (secondary N) is 1. The fourth-order valence-corrected chi connectivity index (χ4v) is 2.30. The minimum absolute atomic E-state index is 0.724. The van der Waals surface area contributed by atoms with Gasteiger partial charge < -0.3 is 14.8 Å². The van der Waals surface area contributed by atoms with Crippen molar-refractivity contribution in [1.29, 1.82) is 0 Å². The summed E-state index contributed by atoms with van der Waals surface area (Å²) in [6.45, 7) is 2.42. The lowest BCUT2D eigenvalue weighted by Crippen LogP contribution is -2.10. The van der Waals surface area contributed by atoms with E-state index in [2.05, 4.69) is 33.4 Å². The van der Waals surface area contributed by atoms with E-state index in [-0.39, 0.29) is 0 Å². The van der Waals surface area contributed by atoms with E-state index in [4.69, 9.17) is 9.47 Å². The summed E-state index contributed by atoms with van der Waals surface area (Å²) >= 11 is 3.53. The van der Waals surface area contributed by atoms with Crippen molar-refractivity contribution in [3.05, 3.63) is 22.2 Å². The van der Waals surface area contributed by atoms with Crippen LogP contribution < -0.4 is 14.8 Å². The van der Waals surface area contributed by atoms with Crippen LogP contribution in [0.15, 0.2) is 16.6 Å². The van der Waals surface area contributed by atoms with Gasteiger partial charge in [-0.3, -0.25) is 0 Å². The first-order chi connectivity index (χ1) is 7.81. The minimum atomic E-state index is 0.724. The molecule has 16 heavy (non-hydrogen) atoms. The molecule has 0 amide bonds. The van der Waals surface area contributed by atoms with Crippen LogP contribution in [-0.2, 0) is 6.42 Å². The van der Waals surface area contributed by atoms with E-state index in [0.29, 0.717) is 0 Å². The van der Waals surface area contributed by atoms with E-state index in [1.807, 2.05) is 7.05 Å². The molecule has 0 bridgehead atoms. The lowest BCUT2D eigenvalue weighted by atomic mass is 10.1. The third kappa shape index (κ3) is 2.68. The van der Waals surface area contributed by atoms with Crippen molar-refractivity contribution in [3.8, 4) is 11.5 Å². The average molecular weight is 286 g/mol. The largest absolute Gasteiger partial charge is 0.490 e. The van der Waals surface area contributed by atoms with E-state index >= 15 is 0 Å². The molecule has 1 heterocycles. The molecule has 1 aliphatic rings. The van der Waals surface area contributed by atoms with Crippen LogP contribution in [0.3, 0.4) is 0 Å². The fourth-order valence-electron chi connectivity index (χ4n) is 1.70. The summed E-state index contributed by atoms with van der Waals surface area (Å²) in [6, 6.07) is 4.17. The summed E-state index contributed by atoms with van der Waals surface area (Å²) in [4.78, 5) is 0. The lowest BCUT2D eigenvalue weighted by molar-refractivity contribution is 0.296. The Morgan fingerprint density at radius 3 is 2.94 bits per heavy atom. The minimum Gasteiger partial charge on any atom is -0.490 e. The summed E-state index contributed by atoms with van der Waals surface area (Å²) in [6.07, 6.45) is 1.93. The molecule has 2 rings (SSSR count). The monoisotopic (exact) mass is 285 g/mol. The zero-order chi connectivity index (χ0) is 11.4. The molecule has 1 aromatic carbocycles. The maximum absolute atomic E-state index is 5.67. The topological polar surface area (TPSA) is 30.5 Å². The van der Waals surface area contributed by atoms with Crippen molar-refractivity contribution >= 4 is 15.9 Å². The van der Waals surface area contributed by atoms with Crippen LogP contribution in [0, 0.1) is 0 Å². The van der Waals surface area contributed by atoms with Gasteiger partial charge in [0, 0.05) is 6.42 Å². The zero-order valence-electron chi connectivity index (χ0n) is 9.38. The van der Waals surface area contributed by atoms with Gasteiger partial charge in [0.25, 0.3) is 0 Å². The first kappa shape index (κ1) is 11.7. The first-order valence-corrected chi connectivity index (χ1v) is 6.33. The van der Waals surface area contributed by atoms with Crippen molar-refractivity contribution in [2.24, 2.45) is 0 Å². The van der Waals surface area contributed by atoms with Crippen LogP contribution in [0.1, 0.15) is 12.0 Å². The van der Waals surface area contributed by atoms with E-state index in [0.717, 1.165) is 48.6 Å². The molecule has 0 saturated heterocycles. The predicted molar refractivity (Wildman–Crippen MR) is 67.4 cm³/mol. The summed E-state index contributed by atoms with van der Waals surface area (Å²) < 4.78 is 12.3. The average Bonchev–Trinajstić information content (AvgIpc) is 2.51. The highest BCUT2D eigenvalue weighted by atomic mass is 79.9. The smallest absolute Gasteiger partial charge is 0.175 e. The number of fused-ring (bicyclic) bond motifs is 1. The molecule has 0 fully saturated rings. The highest BCUT2D eigenvalue weighted by Crippen LogP contribution is 2.38. The Labute approximate surface area is 104 Å². The Morgan fingerprint density at radius 1 is 1.31 bits per heavy atom. The number of likely N-dealkylation sites (N-methyl/N-ethyl adjacent to an activating group) is 1. The van der Waals surface area contributed by atoms with Crippen molar-refractivity contribution in [1.82, 2.24) is 5.32 Å². The molecule has 0 unspecified atom stereocenters. The normalized spacial score (nSPS) is 14.6. The SMILES string of the molecule is CNCCc1cc(Br)c2c(c1)OCCCO2. The van der Waals surface area contributed by atoms with Crippen LogP contribution in [0.25, 0.3) is 0 Å². The van der Waals surface area contributed by atoms with Crippen molar-refractivity contribution in [2.45, 2.75) is 12.8 Å². The van der Waals surface area contributed by atoms with Gasteiger partial charge in [-0.2, -0.15) is 0 Å². The van der Waals surface area contributed by atoms with Crippen LogP contribution in [0.4, 0.5) is 0 Å². The molecule has 0 aromatic heterocycles. The summed E-state index contributed by atoms with van der Waals surface area (Å²) in [5, 5.41) is 3.14. The predicted octanol–water partition coefficient (Wildman–Crippen LogP) is 2.37. The maximum Gasteiger partial charge on any atom is 0.175 e. The fraction of sp³-hybridized carbons (Fsp3) is 0.500.